The van der Waals surface area contributed by atoms with Crippen molar-refractivity contribution < 1.29 is 14.2 Å². The molecule has 1 aromatic carbocycles. The van der Waals surface area contributed by atoms with Crippen molar-refractivity contribution in [2.24, 2.45) is 0 Å². The molecule has 1 heterocycles. The normalized spacial score (nSPS) is 12.4. The van der Waals surface area contributed by atoms with Gasteiger partial charge in [-0.15, -0.1) is 0 Å². The number of hydrogen-bond donors (Lipinski definition) is 1. The fourth-order valence-corrected chi connectivity index (χ4v) is 3.05. The molecule has 1 N–H and O–H groups in total. The summed E-state index contributed by atoms with van der Waals surface area (Å²) in [4.78, 5) is 7.17. The van der Waals surface area contributed by atoms with Gasteiger partial charge in [0.1, 0.15) is 5.82 Å². The molecule has 0 aliphatic rings. The zero-order valence-corrected chi connectivity index (χ0v) is 13.2. The predicted molar refractivity (Wildman–Crippen MR) is 82.0 cm³/mol. The predicted octanol–water partition coefficient (Wildman–Crippen LogP) is 3.12. The van der Waals surface area contributed by atoms with Crippen LogP contribution in [-0.2, 0) is 18.0 Å². The Hall–Kier alpha value is -1.50. The molecule has 2 aromatic rings. The molecule has 0 spiro atoms. The number of methoxy groups -OCH3 is 1. The molecule has 1 unspecified atom stereocenters. The lowest BCUT2D eigenvalue weighted by molar-refractivity contribution is 0.179. The maximum Gasteiger partial charge on any atom is 0.186 e. The van der Waals surface area contributed by atoms with E-state index in [9.17, 15) is 9.50 Å². The van der Waals surface area contributed by atoms with Crippen molar-refractivity contribution in [3.8, 4) is 0 Å². The topological polar surface area (TPSA) is 45.6 Å². The summed E-state index contributed by atoms with van der Waals surface area (Å²) in [5, 5.41) is 10.1. The number of ether oxygens (including phenoxy) is 1. The van der Waals surface area contributed by atoms with Gasteiger partial charge in [-0.05, 0) is 13.0 Å². The second-order valence-corrected chi connectivity index (χ2v) is 5.83. The lowest BCUT2D eigenvalue weighted by Crippen LogP contribution is -2.22. The number of halogens is 1. The molecule has 21 heavy (non-hydrogen) atoms. The largest absolute Gasteiger partial charge is 0.391 e. The van der Waals surface area contributed by atoms with Crippen LogP contribution in [0.3, 0.4) is 0 Å². The molecule has 2 rings (SSSR count). The number of aliphatic hydroxyl groups excluding tert-OH is 1. The molecule has 0 bridgehead atoms. The number of hydrogen-bond acceptors (Lipinski definition) is 5. The van der Waals surface area contributed by atoms with E-state index in [1.165, 1.54) is 17.4 Å². The zero-order valence-electron chi connectivity index (χ0n) is 12.3. The Morgan fingerprint density at radius 3 is 2.76 bits per heavy atom. The van der Waals surface area contributed by atoms with Crippen LogP contribution in [0.4, 0.5) is 9.52 Å². The summed E-state index contributed by atoms with van der Waals surface area (Å²) in [7, 11) is 3.46. The van der Waals surface area contributed by atoms with E-state index in [0.29, 0.717) is 12.2 Å². The second kappa shape index (κ2) is 6.98. The van der Waals surface area contributed by atoms with Gasteiger partial charge in [0.2, 0.25) is 0 Å². The molecule has 0 saturated carbocycles. The van der Waals surface area contributed by atoms with E-state index in [4.69, 9.17) is 4.74 Å². The number of aliphatic hydroxyl groups is 1. The van der Waals surface area contributed by atoms with Crippen molar-refractivity contribution in [1.82, 2.24) is 4.98 Å². The van der Waals surface area contributed by atoms with Crippen molar-refractivity contribution in [2.45, 2.75) is 26.2 Å². The standard InChI is InChI=1S/C15H19FN2O2S/c1-10(11-6-4-5-7-12(11)16)18(2)15-17-13(9-20-3)14(8-19)21-15/h4-7,10,19H,8-9H2,1-3H3. The molecular weight excluding hydrogens is 291 g/mol. The van der Waals surface area contributed by atoms with Crippen LogP contribution in [0.5, 0.6) is 0 Å². The Balaban J connectivity index is 2.27. The number of thiazole rings is 1. The highest BCUT2D eigenvalue weighted by molar-refractivity contribution is 7.15. The van der Waals surface area contributed by atoms with Crippen LogP contribution >= 0.6 is 11.3 Å². The summed E-state index contributed by atoms with van der Waals surface area (Å²) in [6, 6.07) is 6.57. The summed E-state index contributed by atoms with van der Waals surface area (Å²) in [5.74, 6) is -0.229. The Morgan fingerprint density at radius 1 is 1.43 bits per heavy atom. The van der Waals surface area contributed by atoms with Crippen LogP contribution in [0.25, 0.3) is 0 Å². The number of aromatic nitrogens is 1. The molecule has 1 aromatic heterocycles. The fraction of sp³-hybridized carbons (Fsp3) is 0.400. The van der Waals surface area contributed by atoms with Crippen LogP contribution in [0.1, 0.15) is 29.1 Å². The molecule has 0 amide bonds. The number of nitrogens with zero attached hydrogens (tertiary/aromatic N) is 2. The van der Waals surface area contributed by atoms with E-state index in [2.05, 4.69) is 4.98 Å². The third-order valence-corrected chi connectivity index (χ3v) is 4.60. The van der Waals surface area contributed by atoms with Gasteiger partial charge in [0.15, 0.2) is 5.13 Å². The summed E-state index contributed by atoms with van der Waals surface area (Å²) >= 11 is 1.40. The molecular formula is C15H19FN2O2S. The van der Waals surface area contributed by atoms with E-state index >= 15 is 0 Å². The van der Waals surface area contributed by atoms with Gasteiger partial charge >= 0.3 is 0 Å². The first-order valence-corrected chi connectivity index (χ1v) is 7.45. The summed E-state index contributed by atoms with van der Waals surface area (Å²) in [6.07, 6.45) is 0. The van der Waals surface area contributed by atoms with Gasteiger partial charge in [-0.1, -0.05) is 29.5 Å². The molecule has 0 radical (unpaired) electrons. The molecule has 1 atom stereocenters. The fourth-order valence-electron chi connectivity index (χ4n) is 2.08. The van der Waals surface area contributed by atoms with E-state index in [1.54, 1.807) is 19.2 Å². The molecule has 114 valence electrons. The third kappa shape index (κ3) is 3.40. The first kappa shape index (κ1) is 15.9. The highest BCUT2D eigenvalue weighted by atomic mass is 32.1. The summed E-state index contributed by atoms with van der Waals surface area (Å²) in [6.45, 7) is 2.21. The van der Waals surface area contributed by atoms with Gasteiger partial charge in [-0.25, -0.2) is 9.37 Å². The molecule has 0 fully saturated rings. The van der Waals surface area contributed by atoms with Crippen LogP contribution in [0.15, 0.2) is 24.3 Å². The maximum atomic E-state index is 13.9. The SMILES string of the molecule is COCc1nc(N(C)C(C)c2ccccc2F)sc1CO. The Kier molecular flexibility index (Phi) is 5.27. The van der Waals surface area contributed by atoms with Crippen LogP contribution in [-0.4, -0.2) is 24.2 Å². The highest BCUT2D eigenvalue weighted by Crippen LogP contribution is 2.32. The third-order valence-electron chi connectivity index (χ3n) is 3.43. The minimum atomic E-state index is -0.229. The molecule has 0 aliphatic carbocycles. The molecule has 6 heteroatoms. The smallest absolute Gasteiger partial charge is 0.186 e. The van der Waals surface area contributed by atoms with Gasteiger partial charge in [-0.3, -0.25) is 0 Å². The lowest BCUT2D eigenvalue weighted by atomic mass is 10.1. The van der Waals surface area contributed by atoms with E-state index in [0.717, 1.165) is 15.7 Å². The van der Waals surface area contributed by atoms with Crippen molar-refractivity contribution in [3.05, 3.63) is 46.2 Å². The van der Waals surface area contributed by atoms with Gasteiger partial charge < -0.3 is 14.7 Å². The monoisotopic (exact) mass is 310 g/mol. The van der Waals surface area contributed by atoms with Gasteiger partial charge in [0.25, 0.3) is 0 Å². The Bertz CT molecular complexity index is 603. The number of anilines is 1. The molecule has 0 saturated heterocycles. The Labute approximate surface area is 127 Å². The first-order chi connectivity index (χ1) is 10.1. The molecule has 0 aliphatic heterocycles. The maximum absolute atomic E-state index is 13.9. The van der Waals surface area contributed by atoms with Crippen LogP contribution < -0.4 is 4.90 Å². The first-order valence-electron chi connectivity index (χ1n) is 6.64. The van der Waals surface area contributed by atoms with Crippen molar-refractivity contribution >= 4 is 16.5 Å². The summed E-state index contributed by atoms with van der Waals surface area (Å²) in [5.41, 5.74) is 1.35. The van der Waals surface area contributed by atoms with Crippen molar-refractivity contribution in [2.75, 3.05) is 19.1 Å². The van der Waals surface area contributed by atoms with Crippen molar-refractivity contribution in [3.63, 3.8) is 0 Å². The summed E-state index contributed by atoms with van der Waals surface area (Å²) < 4.78 is 19.0. The van der Waals surface area contributed by atoms with Gasteiger partial charge in [-0.2, -0.15) is 0 Å². The second-order valence-electron chi connectivity index (χ2n) is 4.77. The Morgan fingerprint density at radius 2 is 2.14 bits per heavy atom. The van der Waals surface area contributed by atoms with Crippen LogP contribution in [0, 0.1) is 5.82 Å². The van der Waals surface area contributed by atoms with Gasteiger partial charge in [0, 0.05) is 19.7 Å². The van der Waals surface area contributed by atoms with E-state index < -0.39 is 0 Å². The van der Waals surface area contributed by atoms with E-state index in [1.807, 2.05) is 24.9 Å². The molecule has 4 nitrogen and oxygen atoms in total. The minimum absolute atomic E-state index is 0.0712. The van der Waals surface area contributed by atoms with Gasteiger partial charge in [0.05, 0.1) is 29.8 Å². The average molecular weight is 310 g/mol. The average Bonchev–Trinajstić information content (AvgIpc) is 2.90. The van der Waals surface area contributed by atoms with Crippen molar-refractivity contribution in [1.29, 1.82) is 0 Å². The zero-order chi connectivity index (χ0) is 15.4. The van der Waals surface area contributed by atoms with Crippen LogP contribution in [0.2, 0.25) is 0 Å². The highest BCUT2D eigenvalue weighted by Gasteiger charge is 2.20. The number of benzene rings is 1. The van der Waals surface area contributed by atoms with E-state index in [-0.39, 0.29) is 18.5 Å². The number of rotatable bonds is 6. The minimum Gasteiger partial charge on any atom is -0.391 e. The lowest BCUT2D eigenvalue weighted by Gasteiger charge is -2.25. The quantitative estimate of drug-likeness (QED) is 0.890.